The van der Waals surface area contributed by atoms with Crippen LogP contribution in [0.15, 0.2) is 12.2 Å². The molecule has 0 aliphatic carbocycles. The predicted molar refractivity (Wildman–Crippen MR) is 50.3 cm³/mol. The Morgan fingerprint density at radius 1 is 1.58 bits per heavy atom. The molecule has 12 heavy (non-hydrogen) atoms. The standard InChI is InChI=1S/C9H18N2O/c1-8(2)6-12-7-9-5-10-3-4-11-9/h9-11H,1,3-7H2,2H3. The summed E-state index contributed by atoms with van der Waals surface area (Å²) in [5, 5.41) is 6.68. The van der Waals surface area contributed by atoms with E-state index in [4.69, 9.17) is 4.74 Å². The molecule has 0 aromatic carbocycles. The van der Waals surface area contributed by atoms with Crippen molar-refractivity contribution in [2.45, 2.75) is 13.0 Å². The van der Waals surface area contributed by atoms with E-state index in [1.807, 2.05) is 6.92 Å². The Balaban J connectivity index is 2.01. The van der Waals surface area contributed by atoms with E-state index in [1.165, 1.54) is 0 Å². The Bertz CT molecular complexity index is 141. The highest BCUT2D eigenvalue weighted by atomic mass is 16.5. The Labute approximate surface area is 74.2 Å². The molecule has 1 aliphatic heterocycles. The molecule has 0 spiro atoms. The lowest BCUT2D eigenvalue weighted by molar-refractivity contribution is 0.125. The summed E-state index contributed by atoms with van der Waals surface area (Å²) in [5.74, 6) is 0. The van der Waals surface area contributed by atoms with Crippen LogP contribution in [0.3, 0.4) is 0 Å². The van der Waals surface area contributed by atoms with E-state index >= 15 is 0 Å². The quantitative estimate of drug-likeness (QED) is 0.589. The van der Waals surface area contributed by atoms with Crippen LogP contribution in [0.1, 0.15) is 6.92 Å². The molecule has 0 aromatic rings. The van der Waals surface area contributed by atoms with E-state index in [0.717, 1.165) is 31.8 Å². The topological polar surface area (TPSA) is 33.3 Å². The third-order valence-corrected chi connectivity index (χ3v) is 1.79. The first-order valence-corrected chi connectivity index (χ1v) is 4.45. The van der Waals surface area contributed by atoms with E-state index in [0.29, 0.717) is 12.6 Å². The summed E-state index contributed by atoms with van der Waals surface area (Å²) in [6, 6.07) is 0.470. The van der Waals surface area contributed by atoms with Gasteiger partial charge < -0.3 is 15.4 Å². The van der Waals surface area contributed by atoms with Crippen LogP contribution < -0.4 is 10.6 Å². The molecule has 0 aromatic heterocycles. The summed E-state index contributed by atoms with van der Waals surface area (Å²) in [4.78, 5) is 0. The summed E-state index contributed by atoms with van der Waals surface area (Å²) in [5.41, 5.74) is 1.08. The number of piperazine rings is 1. The highest BCUT2D eigenvalue weighted by Gasteiger charge is 2.10. The van der Waals surface area contributed by atoms with Crippen molar-refractivity contribution >= 4 is 0 Å². The van der Waals surface area contributed by atoms with Crippen molar-refractivity contribution in [3.63, 3.8) is 0 Å². The zero-order valence-corrected chi connectivity index (χ0v) is 7.73. The summed E-state index contributed by atoms with van der Waals surface area (Å²) in [6.07, 6.45) is 0. The van der Waals surface area contributed by atoms with Gasteiger partial charge in [-0.25, -0.2) is 0 Å². The second kappa shape index (κ2) is 5.30. The van der Waals surface area contributed by atoms with Crippen LogP contribution in [0.5, 0.6) is 0 Å². The molecule has 1 aliphatic rings. The SMILES string of the molecule is C=C(C)COCC1CNCCN1. The fourth-order valence-corrected chi connectivity index (χ4v) is 1.21. The molecule has 1 saturated heterocycles. The summed E-state index contributed by atoms with van der Waals surface area (Å²) in [7, 11) is 0. The summed E-state index contributed by atoms with van der Waals surface area (Å²) in [6.45, 7) is 10.3. The minimum atomic E-state index is 0.470. The second-order valence-electron chi connectivity index (χ2n) is 3.33. The highest BCUT2D eigenvalue weighted by Crippen LogP contribution is 1.92. The molecule has 1 heterocycles. The number of ether oxygens (including phenoxy) is 1. The minimum absolute atomic E-state index is 0.470. The van der Waals surface area contributed by atoms with Crippen molar-refractivity contribution in [1.82, 2.24) is 10.6 Å². The molecule has 0 bridgehead atoms. The van der Waals surface area contributed by atoms with Crippen LogP contribution >= 0.6 is 0 Å². The van der Waals surface area contributed by atoms with Crippen molar-refractivity contribution in [1.29, 1.82) is 0 Å². The zero-order chi connectivity index (χ0) is 8.81. The van der Waals surface area contributed by atoms with Gasteiger partial charge in [-0.15, -0.1) is 0 Å². The molecule has 2 N–H and O–H groups in total. The lowest BCUT2D eigenvalue weighted by Crippen LogP contribution is -2.50. The average molecular weight is 170 g/mol. The lowest BCUT2D eigenvalue weighted by Gasteiger charge is -2.24. The molecule has 70 valence electrons. The maximum atomic E-state index is 5.43. The van der Waals surface area contributed by atoms with Crippen LogP contribution in [0.4, 0.5) is 0 Å². The minimum Gasteiger partial charge on any atom is -0.375 e. The summed E-state index contributed by atoms with van der Waals surface area (Å²) >= 11 is 0. The second-order valence-corrected chi connectivity index (χ2v) is 3.33. The molecule has 1 rings (SSSR count). The summed E-state index contributed by atoms with van der Waals surface area (Å²) < 4.78 is 5.43. The first-order valence-electron chi connectivity index (χ1n) is 4.45. The molecule has 3 nitrogen and oxygen atoms in total. The van der Waals surface area contributed by atoms with Gasteiger partial charge in [0.05, 0.1) is 13.2 Å². The third-order valence-electron chi connectivity index (χ3n) is 1.79. The fraction of sp³-hybridized carbons (Fsp3) is 0.778. The third kappa shape index (κ3) is 3.85. The fourth-order valence-electron chi connectivity index (χ4n) is 1.21. The van der Waals surface area contributed by atoms with Gasteiger partial charge in [-0.1, -0.05) is 12.2 Å². The van der Waals surface area contributed by atoms with Gasteiger partial charge in [0, 0.05) is 25.7 Å². The van der Waals surface area contributed by atoms with E-state index in [1.54, 1.807) is 0 Å². The molecule has 1 fully saturated rings. The molecule has 3 heteroatoms. The molecule has 0 saturated carbocycles. The Morgan fingerprint density at radius 3 is 3.00 bits per heavy atom. The molecule has 0 radical (unpaired) electrons. The van der Waals surface area contributed by atoms with E-state index in [9.17, 15) is 0 Å². The monoisotopic (exact) mass is 170 g/mol. The van der Waals surface area contributed by atoms with Gasteiger partial charge in [0.1, 0.15) is 0 Å². The molecule has 1 atom stereocenters. The maximum Gasteiger partial charge on any atom is 0.0672 e. The van der Waals surface area contributed by atoms with Crippen LogP contribution in [0, 0.1) is 0 Å². The molecule has 0 amide bonds. The Hall–Kier alpha value is -0.380. The van der Waals surface area contributed by atoms with Crippen LogP contribution in [-0.4, -0.2) is 38.9 Å². The number of rotatable bonds is 4. The number of nitrogens with one attached hydrogen (secondary N) is 2. The molecular formula is C9H18N2O. The molecule has 1 unspecified atom stereocenters. The highest BCUT2D eigenvalue weighted by molar-refractivity contribution is 4.87. The van der Waals surface area contributed by atoms with Gasteiger partial charge in [-0.05, 0) is 6.92 Å². The predicted octanol–water partition coefficient (Wildman–Crippen LogP) is 0.140. The normalized spacial score (nSPS) is 23.9. The number of hydrogen-bond acceptors (Lipinski definition) is 3. The van der Waals surface area contributed by atoms with Crippen molar-refractivity contribution in [3.05, 3.63) is 12.2 Å². The van der Waals surface area contributed by atoms with E-state index in [2.05, 4.69) is 17.2 Å². The first kappa shape index (κ1) is 9.71. The average Bonchev–Trinajstić information content (AvgIpc) is 2.05. The maximum absolute atomic E-state index is 5.43. The lowest BCUT2D eigenvalue weighted by atomic mass is 10.2. The Morgan fingerprint density at radius 2 is 2.42 bits per heavy atom. The van der Waals surface area contributed by atoms with Crippen molar-refractivity contribution in [2.75, 3.05) is 32.8 Å². The molecular weight excluding hydrogens is 152 g/mol. The van der Waals surface area contributed by atoms with Crippen LogP contribution in [0.25, 0.3) is 0 Å². The smallest absolute Gasteiger partial charge is 0.0672 e. The van der Waals surface area contributed by atoms with Gasteiger partial charge in [0.15, 0.2) is 0 Å². The van der Waals surface area contributed by atoms with Crippen LogP contribution in [-0.2, 0) is 4.74 Å². The van der Waals surface area contributed by atoms with Gasteiger partial charge in [-0.2, -0.15) is 0 Å². The first-order chi connectivity index (χ1) is 5.79. The van der Waals surface area contributed by atoms with Crippen molar-refractivity contribution in [2.24, 2.45) is 0 Å². The zero-order valence-electron chi connectivity index (χ0n) is 7.73. The van der Waals surface area contributed by atoms with Gasteiger partial charge in [0.2, 0.25) is 0 Å². The van der Waals surface area contributed by atoms with Crippen molar-refractivity contribution in [3.8, 4) is 0 Å². The van der Waals surface area contributed by atoms with Crippen LogP contribution in [0.2, 0.25) is 0 Å². The van der Waals surface area contributed by atoms with Gasteiger partial charge in [0.25, 0.3) is 0 Å². The van der Waals surface area contributed by atoms with Gasteiger partial charge in [-0.3, -0.25) is 0 Å². The largest absolute Gasteiger partial charge is 0.375 e. The Kier molecular flexibility index (Phi) is 4.29. The van der Waals surface area contributed by atoms with E-state index < -0.39 is 0 Å². The van der Waals surface area contributed by atoms with Crippen molar-refractivity contribution < 1.29 is 4.74 Å². The van der Waals surface area contributed by atoms with Gasteiger partial charge >= 0.3 is 0 Å². The number of hydrogen-bond donors (Lipinski definition) is 2. The van der Waals surface area contributed by atoms with E-state index in [-0.39, 0.29) is 0 Å².